The molecule has 10 aliphatic rings. The van der Waals surface area contributed by atoms with Gasteiger partial charge in [-0.15, -0.1) is 0 Å². The standard InChI is InChI=1S/C68H98N2O23/c1-31-14-19-49(89-55-29-66(11,70(80)81)61(39(9)86-55)69-65(79)82-13)33(3)24-45-47(74)25-41(30-71)28-68(45)63(77)56(64(78)93-68)62(76)67(12)44(31)17-16-43-57(67)34(4)22-35(5)58(43)92-54-27-51(60(38(8)85-54)87-40(10)72)91-52-21-20-50(36(6)83-52)90-53-26-48(75)59(37(7)84-53)88-42-15-18-46(73)32(2)23-42/h14,16-17,24-25,30,32,34-39,42-55,57-61,73-76H,15,18-23,26-29H2,1-13H3,(H,69,79)/b31-14+,33-24+,62-56+/t32-,34+,35+,36+,37+,38+,39-,42+,43+,44+,45-,46-,47+,48-,49+,50?,51-,52+,53+,54+,55+,57-,58+,59?,60+,61+,66+,67-,68?/m1/s1. The third-order valence-electron chi connectivity index (χ3n) is 22.2. The highest BCUT2D eigenvalue weighted by Gasteiger charge is 2.65. The van der Waals surface area contributed by atoms with Crippen molar-refractivity contribution >= 4 is 30.1 Å². The van der Waals surface area contributed by atoms with Crippen LogP contribution in [0, 0.1) is 57.0 Å². The number of carbonyl (C=O) groups is 5. The molecule has 25 heteroatoms. The van der Waals surface area contributed by atoms with Crippen LogP contribution in [0.3, 0.4) is 0 Å². The number of fused-ring (bicyclic) bond motifs is 4. The van der Waals surface area contributed by atoms with Gasteiger partial charge in [0.1, 0.15) is 35.9 Å². The molecule has 93 heavy (non-hydrogen) atoms. The maximum absolute atomic E-state index is 15.6. The average molecular weight is 1310 g/mol. The number of nitrogens with one attached hydrogen (secondary N) is 1. The first-order valence-electron chi connectivity index (χ1n) is 33.4. The molecule has 5 heterocycles. The van der Waals surface area contributed by atoms with Crippen LogP contribution in [0.2, 0.25) is 0 Å². The second-order valence-corrected chi connectivity index (χ2v) is 28.8. The van der Waals surface area contributed by atoms with E-state index in [9.17, 15) is 49.7 Å². The molecular formula is C68H98N2O23. The topological polar surface area (TPSA) is 332 Å². The summed E-state index contributed by atoms with van der Waals surface area (Å²) in [5.41, 5.74) is -4.89. The zero-order valence-electron chi connectivity index (χ0n) is 55.7. The van der Waals surface area contributed by atoms with Crippen LogP contribution in [0.1, 0.15) is 154 Å². The first-order valence-corrected chi connectivity index (χ1v) is 33.4. The molecule has 0 aromatic heterocycles. The van der Waals surface area contributed by atoms with Gasteiger partial charge >= 0.3 is 18.0 Å². The van der Waals surface area contributed by atoms with E-state index < -0.39 is 191 Å². The minimum Gasteiger partial charge on any atom is -0.511 e. The first-order chi connectivity index (χ1) is 43.9. The molecule has 2 saturated carbocycles. The first kappa shape index (κ1) is 70.8. The Morgan fingerprint density at radius 1 is 0.731 bits per heavy atom. The number of nitrogens with zero attached hydrogens (tertiary/aromatic N) is 1. The van der Waals surface area contributed by atoms with Gasteiger partial charge in [0.2, 0.25) is 11.3 Å². The fourth-order valence-electron chi connectivity index (χ4n) is 17.4. The van der Waals surface area contributed by atoms with Gasteiger partial charge < -0.3 is 82.6 Å². The van der Waals surface area contributed by atoms with E-state index in [0.717, 1.165) is 12.7 Å². The molecule has 7 fully saturated rings. The molecule has 1 amide bonds. The molecule has 5 aliphatic heterocycles. The summed E-state index contributed by atoms with van der Waals surface area (Å²) in [6.07, 6.45) is -1.46. The summed E-state index contributed by atoms with van der Waals surface area (Å²) in [6.45, 7) is 21.4. The molecule has 1 spiro atoms. The van der Waals surface area contributed by atoms with Crippen LogP contribution in [0.5, 0.6) is 0 Å². The van der Waals surface area contributed by atoms with E-state index in [2.05, 4.69) is 25.2 Å². The minimum atomic E-state index is -2.20. The number of aliphatic hydroxyl groups is 4. The van der Waals surface area contributed by atoms with Crippen molar-refractivity contribution in [3.05, 3.63) is 68.5 Å². The zero-order chi connectivity index (χ0) is 67.5. The number of amides is 1. The van der Waals surface area contributed by atoms with E-state index >= 15 is 4.79 Å². The number of carbonyl (C=O) groups excluding carboxylic acids is 5. The predicted octanol–water partition coefficient (Wildman–Crippen LogP) is 7.02. The van der Waals surface area contributed by atoms with E-state index in [1.807, 2.05) is 46.8 Å². The Bertz CT molecular complexity index is 2950. The second-order valence-electron chi connectivity index (χ2n) is 28.8. The molecule has 5 N–H and O–H groups in total. The number of allylic oxidation sites excluding steroid dienone is 3. The summed E-state index contributed by atoms with van der Waals surface area (Å²) in [5.74, 6) is -6.32. The number of hydrogen-bond donors (Lipinski definition) is 5. The summed E-state index contributed by atoms with van der Waals surface area (Å²) < 4.78 is 76.1. The monoisotopic (exact) mass is 1310 g/mol. The zero-order valence-corrected chi connectivity index (χ0v) is 55.7. The Morgan fingerprint density at radius 2 is 1.41 bits per heavy atom. The highest BCUT2D eigenvalue weighted by Crippen LogP contribution is 2.61. The smallest absolute Gasteiger partial charge is 0.407 e. The van der Waals surface area contributed by atoms with Crippen molar-refractivity contribution in [1.82, 2.24) is 5.32 Å². The van der Waals surface area contributed by atoms with Gasteiger partial charge in [0.15, 0.2) is 36.9 Å². The molecule has 0 aromatic carbocycles. The number of esters is 2. The van der Waals surface area contributed by atoms with Gasteiger partial charge in [0.25, 0.3) is 0 Å². The Kier molecular flexibility index (Phi) is 21.5. The summed E-state index contributed by atoms with van der Waals surface area (Å²) in [6, 6.07) is -1.12. The molecule has 29 atom stereocenters. The van der Waals surface area contributed by atoms with Gasteiger partial charge in [-0.3, -0.25) is 24.5 Å². The van der Waals surface area contributed by atoms with Crippen molar-refractivity contribution in [3.63, 3.8) is 0 Å². The summed E-state index contributed by atoms with van der Waals surface area (Å²) in [4.78, 5) is 80.5. The molecule has 0 radical (unpaired) electrons. The fraction of sp³-hybridized carbons (Fsp3) is 0.779. The number of Topliss-reactive ketones (excluding diaryl/α,β-unsaturated/α-hetero) is 1. The number of ether oxygens (including phenoxy) is 12. The number of nitro groups is 1. The van der Waals surface area contributed by atoms with E-state index in [1.54, 1.807) is 26.8 Å². The van der Waals surface area contributed by atoms with Crippen molar-refractivity contribution in [1.29, 1.82) is 0 Å². The lowest BCUT2D eigenvalue weighted by Gasteiger charge is -2.56. The van der Waals surface area contributed by atoms with Crippen LogP contribution in [-0.4, -0.2) is 190 Å². The molecule has 3 unspecified atom stereocenters. The lowest BCUT2D eigenvalue weighted by atomic mass is 9.49. The number of ketones is 1. The van der Waals surface area contributed by atoms with Gasteiger partial charge in [-0.2, -0.15) is 0 Å². The Balaban J connectivity index is 0.904. The van der Waals surface area contributed by atoms with Gasteiger partial charge in [-0.25, -0.2) is 9.59 Å². The van der Waals surface area contributed by atoms with Crippen LogP contribution in [-0.2, 0) is 76.0 Å². The maximum atomic E-state index is 15.6. The number of methoxy groups -OCH3 is 1. The normalized spacial score (nSPS) is 48.2. The molecule has 2 bridgehead atoms. The van der Waals surface area contributed by atoms with Crippen molar-refractivity contribution < 1.29 is 106 Å². The molecular weight excluding hydrogens is 1210 g/mol. The third-order valence-corrected chi connectivity index (χ3v) is 22.2. The van der Waals surface area contributed by atoms with Crippen LogP contribution in [0.15, 0.2) is 58.4 Å². The predicted molar refractivity (Wildman–Crippen MR) is 328 cm³/mol. The van der Waals surface area contributed by atoms with E-state index in [-0.39, 0.29) is 61.2 Å². The number of aliphatic hydroxyl groups excluding tert-OH is 4. The average Bonchev–Trinajstić information content (AvgIpc) is 1.68. The molecule has 5 aliphatic carbocycles. The van der Waals surface area contributed by atoms with Crippen molar-refractivity contribution in [3.8, 4) is 0 Å². The summed E-state index contributed by atoms with van der Waals surface area (Å²) >= 11 is 0. The lowest BCUT2D eigenvalue weighted by Crippen LogP contribution is -2.65. The van der Waals surface area contributed by atoms with Gasteiger partial charge in [0, 0.05) is 61.7 Å². The number of hydrogen-bond acceptors (Lipinski definition) is 23. The van der Waals surface area contributed by atoms with E-state index in [4.69, 9.17) is 56.8 Å². The van der Waals surface area contributed by atoms with Gasteiger partial charge in [-0.05, 0) is 121 Å². The van der Waals surface area contributed by atoms with Crippen molar-refractivity contribution in [2.24, 2.45) is 46.8 Å². The highest BCUT2D eigenvalue weighted by atomic mass is 16.7. The Morgan fingerprint density at radius 3 is 2.06 bits per heavy atom. The van der Waals surface area contributed by atoms with E-state index in [1.165, 1.54) is 19.9 Å². The fourth-order valence-corrected chi connectivity index (χ4v) is 17.4. The van der Waals surface area contributed by atoms with Crippen LogP contribution < -0.4 is 5.32 Å². The lowest BCUT2D eigenvalue weighted by molar-refractivity contribution is -0.584. The molecule has 10 rings (SSSR count). The summed E-state index contributed by atoms with van der Waals surface area (Å²) in [7, 11) is 1.15. The van der Waals surface area contributed by atoms with Crippen LogP contribution >= 0.6 is 0 Å². The Labute approximate surface area is 543 Å². The quantitative estimate of drug-likeness (QED) is 0.0222. The molecule has 518 valence electrons. The molecule has 5 saturated heterocycles. The highest BCUT2D eigenvalue weighted by molar-refractivity contribution is 6.26. The number of aldehydes is 1. The third kappa shape index (κ3) is 14.0. The van der Waals surface area contributed by atoms with Crippen LogP contribution in [0.25, 0.3) is 0 Å². The van der Waals surface area contributed by atoms with Crippen molar-refractivity contribution in [2.45, 2.75) is 282 Å². The van der Waals surface area contributed by atoms with Gasteiger partial charge in [-0.1, -0.05) is 57.6 Å². The van der Waals surface area contributed by atoms with Crippen LogP contribution in [0.4, 0.5) is 4.79 Å². The minimum absolute atomic E-state index is 0.000788. The maximum Gasteiger partial charge on any atom is 0.407 e. The largest absolute Gasteiger partial charge is 0.511 e. The molecule has 0 aromatic rings. The van der Waals surface area contributed by atoms with Crippen molar-refractivity contribution in [2.75, 3.05) is 7.11 Å². The SMILES string of the molecule is COC(=O)N[C@H]1[C@@H](C)O[C@@H](O[C@H]2C/C=C(\C)[C@@H]3C=C[C@@H]4[C@@H](O[C@H]5C[C@@H](O[C@H]6CCC(O[C@H]7C[C@@H](O)C(O[C@H]8CC[C@@H](O)[C@H](C)C8)[C@H](C)O7)[C@H](C)O6)[C@@H](OC(C)=O)[C@H](C)O5)[C@@H](C)C[C@H](C)[C@H]4[C@]3(C)/C(O)=C3\C(=O)OC4(CC(C=O)=C[C@H](O)[C@H]4/C=C/2C)C3=O)C[C@]1(C)[N+](=O)[O-]. The Hall–Kier alpha value is -5.03. The second kappa shape index (κ2) is 28.2. The van der Waals surface area contributed by atoms with E-state index in [0.29, 0.717) is 50.4 Å². The summed E-state index contributed by atoms with van der Waals surface area (Å²) in [5, 5.41) is 62.2. The number of alkyl carbamates (subject to hydrolysis) is 1. The number of rotatable bonds is 14. The van der Waals surface area contributed by atoms with Gasteiger partial charge in [0.05, 0.1) is 86.6 Å². The molecule has 25 nitrogen and oxygen atoms in total.